The summed E-state index contributed by atoms with van der Waals surface area (Å²) < 4.78 is 27.2. The molecule has 3 aromatic carbocycles. The van der Waals surface area contributed by atoms with Gasteiger partial charge in [-0.1, -0.05) is 29.3 Å². The van der Waals surface area contributed by atoms with Crippen molar-refractivity contribution in [3.8, 4) is 6.07 Å². The van der Waals surface area contributed by atoms with Crippen molar-refractivity contribution < 1.29 is 13.2 Å². The van der Waals surface area contributed by atoms with Crippen LogP contribution in [0.1, 0.15) is 15.9 Å². The number of carbonyl (C=O) groups excluding carboxylic acids is 1. The molecule has 0 saturated carbocycles. The maximum Gasteiger partial charge on any atom is 0.265 e. The molecule has 1 N–H and O–H groups in total. The topological polar surface area (TPSA) is 90.3 Å². The number of nitrogens with zero attached hydrogens (tertiary/aromatic N) is 2. The van der Waals surface area contributed by atoms with E-state index >= 15 is 0 Å². The van der Waals surface area contributed by atoms with Gasteiger partial charge < -0.3 is 5.32 Å². The molecule has 0 bridgehead atoms. The van der Waals surface area contributed by atoms with Crippen molar-refractivity contribution in [3.63, 3.8) is 0 Å². The Kier molecular flexibility index (Phi) is 6.32. The summed E-state index contributed by atoms with van der Waals surface area (Å²) in [6.45, 7) is 0. The van der Waals surface area contributed by atoms with E-state index in [0.29, 0.717) is 22.0 Å². The summed E-state index contributed by atoms with van der Waals surface area (Å²) in [6.07, 6.45) is 0. The first-order valence-corrected chi connectivity index (χ1v) is 10.8. The summed E-state index contributed by atoms with van der Waals surface area (Å²) in [5, 5.41) is 12.1. The maximum atomic E-state index is 13.1. The predicted molar refractivity (Wildman–Crippen MR) is 118 cm³/mol. The molecule has 6 nitrogen and oxygen atoms in total. The SMILES string of the molecule is CN(c1ccc(Cl)cc1)S(=O)(=O)c1cc(C(=O)Nc2cccc(C#N)c2)ccc1Cl. The van der Waals surface area contributed by atoms with Crippen molar-refractivity contribution >= 4 is 50.5 Å². The number of nitrogens with one attached hydrogen (secondary N) is 1. The molecule has 0 heterocycles. The second-order valence-electron chi connectivity index (χ2n) is 6.24. The van der Waals surface area contributed by atoms with E-state index in [1.54, 1.807) is 42.5 Å². The summed E-state index contributed by atoms with van der Waals surface area (Å²) in [7, 11) is -2.66. The third kappa shape index (κ3) is 4.57. The fourth-order valence-corrected chi connectivity index (χ4v) is 4.47. The summed E-state index contributed by atoms with van der Waals surface area (Å²) in [5.74, 6) is -0.535. The molecule has 9 heteroatoms. The molecule has 0 radical (unpaired) electrons. The molecule has 0 saturated heterocycles. The normalized spacial score (nSPS) is 10.9. The van der Waals surface area contributed by atoms with Gasteiger partial charge >= 0.3 is 0 Å². The Hall–Kier alpha value is -3.05. The van der Waals surface area contributed by atoms with Gasteiger partial charge in [0.2, 0.25) is 0 Å². The van der Waals surface area contributed by atoms with Gasteiger partial charge in [0.05, 0.1) is 22.3 Å². The Morgan fingerprint density at radius 2 is 1.73 bits per heavy atom. The lowest BCUT2D eigenvalue weighted by Gasteiger charge is -2.20. The monoisotopic (exact) mass is 459 g/mol. The highest BCUT2D eigenvalue weighted by Crippen LogP contribution is 2.29. The van der Waals surface area contributed by atoms with Gasteiger partial charge in [0.1, 0.15) is 4.90 Å². The number of carbonyl (C=O) groups is 1. The van der Waals surface area contributed by atoms with Gasteiger partial charge in [0.15, 0.2) is 0 Å². The van der Waals surface area contributed by atoms with Crippen LogP contribution in [0.5, 0.6) is 0 Å². The molecule has 3 rings (SSSR count). The highest BCUT2D eigenvalue weighted by atomic mass is 35.5. The highest BCUT2D eigenvalue weighted by molar-refractivity contribution is 7.93. The average molecular weight is 460 g/mol. The predicted octanol–water partition coefficient (Wildman–Crippen LogP) is 4.94. The summed E-state index contributed by atoms with van der Waals surface area (Å²) >= 11 is 12.0. The van der Waals surface area contributed by atoms with Gasteiger partial charge in [-0.15, -0.1) is 0 Å². The number of hydrogen-bond acceptors (Lipinski definition) is 4. The van der Waals surface area contributed by atoms with Crippen LogP contribution in [0.4, 0.5) is 11.4 Å². The second-order valence-corrected chi connectivity index (χ2v) is 9.02. The Labute approximate surface area is 184 Å². The molecule has 0 fully saturated rings. The zero-order valence-corrected chi connectivity index (χ0v) is 18.0. The van der Waals surface area contributed by atoms with Crippen LogP contribution < -0.4 is 9.62 Å². The van der Waals surface area contributed by atoms with Crippen LogP contribution >= 0.6 is 23.2 Å². The Bertz CT molecular complexity index is 1250. The molecule has 1 amide bonds. The van der Waals surface area contributed by atoms with Crippen LogP contribution in [0.15, 0.2) is 71.6 Å². The van der Waals surface area contributed by atoms with Crippen LogP contribution in [0.2, 0.25) is 10.0 Å². The zero-order valence-electron chi connectivity index (χ0n) is 15.6. The van der Waals surface area contributed by atoms with Crippen molar-refractivity contribution in [1.29, 1.82) is 5.26 Å². The van der Waals surface area contributed by atoms with E-state index in [-0.39, 0.29) is 15.5 Å². The number of halogens is 2. The largest absolute Gasteiger partial charge is 0.322 e. The third-order valence-corrected chi connectivity index (χ3v) is 6.79. The van der Waals surface area contributed by atoms with Gasteiger partial charge in [-0.25, -0.2) is 8.42 Å². The summed E-state index contributed by atoms with van der Waals surface area (Å²) in [6, 6.07) is 18.6. The van der Waals surface area contributed by atoms with Crippen molar-refractivity contribution in [3.05, 3.63) is 87.9 Å². The molecule has 0 aliphatic heterocycles. The highest BCUT2D eigenvalue weighted by Gasteiger charge is 2.25. The van der Waals surface area contributed by atoms with Gasteiger partial charge in [0, 0.05) is 23.3 Å². The van der Waals surface area contributed by atoms with Crippen molar-refractivity contribution in [2.75, 3.05) is 16.7 Å². The van der Waals surface area contributed by atoms with Gasteiger partial charge in [-0.2, -0.15) is 5.26 Å². The lowest BCUT2D eigenvalue weighted by atomic mass is 10.2. The smallest absolute Gasteiger partial charge is 0.265 e. The van der Waals surface area contributed by atoms with Gasteiger partial charge in [-0.3, -0.25) is 9.10 Å². The van der Waals surface area contributed by atoms with E-state index in [1.165, 1.54) is 31.3 Å². The number of hydrogen-bond donors (Lipinski definition) is 1. The van der Waals surface area contributed by atoms with E-state index in [9.17, 15) is 13.2 Å². The maximum absolute atomic E-state index is 13.1. The number of sulfonamides is 1. The molecule has 0 aliphatic carbocycles. The van der Waals surface area contributed by atoms with Crippen molar-refractivity contribution in [2.45, 2.75) is 4.90 Å². The minimum atomic E-state index is -4.04. The zero-order chi connectivity index (χ0) is 21.9. The number of benzene rings is 3. The fraction of sp³-hybridized carbons (Fsp3) is 0.0476. The number of rotatable bonds is 5. The second kappa shape index (κ2) is 8.76. The minimum Gasteiger partial charge on any atom is -0.322 e. The van der Waals surface area contributed by atoms with Crippen molar-refractivity contribution in [2.24, 2.45) is 0 Å². The van der Waals surface area contributed by atoms with E-state index in [0.717, 1.165) is 4.31 Å². The first-order valence-electron chi connectivity index (χ1n) is 8.58. The number of nitriles is 1. The van der Waals surface area contributed by atoms with Crippen molar-refractivity contribution in [1.82, 2.24) is 0 Å². The Morgan fingerprint density at radius 3 is 2.40 bits per heavy atom. The van der Waals surface area contributed by atoms with Crippen LogP contribution in [0, 0.1) is 11.3 Å². The molecule has 3 aromatic rings. The summed E-state index contributed by atoms with van der Waals surface area (Å²) in [4.78, 5) is 12.4. The average Bonchev–Trinajstić information content (AvgIpc) is 2.74. The molecule has 0 aromatic heterocycles. The lowest BCUT2D eigenvalue weighted by molar-refractivity contribution is 0.102. The Morgan fingerprint density at radius 1 is 1.03 bits per heavy atom. The van der Waals surface area contributed by atoms with E-state index in [4.69, 9.17) is 28.5 Å². The quantitative estimate of drug-likeness (QED) is 0.584. The molecule has 30 heavy (non-hydrogen) atoms. The molecule has 152 valence electrons. The first kappa shape index (κ1) is 21.7. The number of anilines is 2. The standard InChI is InChI=1S/C21H15Cl2N3O3S/c1-26(18-8-6-16(22)7-9-18)30(28,29)20-12-15(5-10-19(20)23)21(27)25-17-4-2-3-14(11-17)13-24/h2-12H,1H3,(H,25,27). The molecule has 0 unspecified atom stereocenters. The van der Waals surface area contributed by atoms with Gasteiger partial charge in [0.25, 0.3) is 15.9 Å². The van der Waals surface area contributed by atoms with E-state index in [1.807, 2.05) is 6.07 Å². The first-order chi connectivity index (χ1) is 14.2. The molecule has 0 spiro atoms. The Balaban J connectivity index is 1.93. The van der Waals surface area contributed by atoms with Crippen LogP contribution in [0.3, 0.4) is 0 Å². The van der Waals surface area contributed by atoms with Gasteiger partial charge in [-0.05, 0) is 60.7 Å². The summed E-state index contributed by atoms with van der Waals surface area (Å²) in [5.41, 5.74) is 1.29. The number of amides is 1. The van der Waals surface area contributed by atoms with E-state index in [2.05, 4.69) is 5.32 Å². The lowest BCUT2D eigenvalue weighted by Crippen LogP contribution is -2.27. The molecule has 0 atom stereocenters. The third-order valence-electron chi connectivity index (χ3n) is 4.27. The van der Waals surface area contributed by atoms with Crippen LogP contribution in [0.25, 0.3) is 0 Å². The van der Waals surface area contributed by atoms with Crippen LogP contribution in [-0.2, 0) is 10.0 Å². The molecule has 0 aliphatic rings. The van der Waals surface area contributed by atoms with E-state index < -0.39 is 15.9 Å². The molecular formula is C21H15Cl2N3O3S. The molecular weight excluding hydrogens is 445 g/mol. The minimum absolute atomic E-state index is 0.0150. The van der Waals surface area contributed by atoms with Crippen LogP contribution in [-0.4, -0.2) is 21.4 Å². The fourth-order valence-electron chi connectivity index (χ4n) is 2.65.